The Morgan fingerprint density at radius 1 is 1.09 bits per heavy atom. The van der Waals surface area contributed by atoms with Crippen molar-refractivity contribution < 1.29 is 14.3 Å². The van der Waals surface area contributed by atoms with Crippen LogP contribution >= 0.6 is 0 Å². The molecule has 0 bridgehead atoms. The van der Waals surface area contributed by atoms with Crippen molar-refractivity contribution in [3.8, 4) is 16.9 Å². The summed E-state index contributed by atoms with van der Waals surface area (Å²) in [7, 11) is 3.28. The number of hydrogen-bond acceptors (Lipinski definition) is 4. The molecule has 6 heteroatoms. The molecule has 0 aliphatic carbocycles. The zero-order chi connectivity index (χ0) is 23.3. The fourth-order valence-corrected chi connectivity index (χ4v) is 4.68. The number of hydrogen-bond donors (Lipinski definition) is 1. The Balaban J connectivity index is 1.56. The summed E-state index contributed by atoms with van der Waals surface area (Å²) in [5, 5.41) is 2.85. The number of aromatic nitrogens is 1. The molecule has 170 valence electrons. The van der Waals surface area contributed by atoms with E-state index in [4.69, 9.17) is 4.74 Å². The number of carbonyl (C=O) groups is 2. The van der Waals surface area contributed by atoms with Gasteiger partial charge in [-0.15, -0.1) is 0 Å². The van der Waals surface area contributed by atoms with E-state index in [1.165, 1.54) is 0 Å². The minimum Gasteiger partial charge on any atom is -0.497 e. The van der Waals surface area contributed by atoms with E-state index in [0.717, 1.165) is 28.0 Å². The lowest BCUT2D eigenvalue weighted by molar-refractivity contribution is -0.132. The van der Waals surface area contributed by atoms with Crippen molar-refractivity contribution in [1.82, 2.24) is 15.2 Å². The molecule has 4 rings (SSSR count). The van der Waals surface area contributed by atoms with E-state index in [1.54, 1.807) is 26.6 Å². The predicted octanol–water partition coefficient (Wildman–Crippen LogP) is 3.51. The van der Waals surface area contributed by atoms with E-state index in [2.05, 4.69) is 22.4 Å². The van der Waals surface area contributed by atoms with Crippen molar-refractivity contribution in [1.29, 1.82) is 0 Å². The third-order valence-electron chi connectivity index (χ3n) is 6.44. The first-order chi connectivity index (χ1) is 16.0. The third-order valence-corrected chi connectivity index (χ3v) is 6.44. The lowest BCUT2D eigenvalue weighted by atomic mass is 9.78. The van der Waals surface area contributed by atoms with Gasteiger partial charge < -0.3 is 15.0 Å². The van der Waals surface area contributed by atoms with Crippen molar-refractivity contribution in [2.45, 2.75) is 19.3 Å². The largest absolute Gasteiger partial charge is 0.497 e. The van der Waals surface area contributed by atoms with E-state index < -0.39 is 5.41 Å². The smallest absolute Gasteiger partial charge is 0.228 e. The third kappa shape index (κ3) is 4.90. The predicted molar refractivity (Wildman–Crippen MR) is 128 cm³/mol. The number of pyridine rings is 1. The van der Waals surface area contributed by atoms with Gasteiger partial charge in [0, 0.05) is 32.5 Å². The Kier molecular flexibility index (Phi) is 6.73. The fraction of sp³-hybridized carbons (Fsp3) is 0.296. The first-order valence-corrected chi connectivity index (χ1v) is 11.2. The van der Waals surface area contributed by atoms with Gasteiger partial charge in [0.2, 0.25) is 11.8 Å². The molecule has 1 aliphatic rings. The molecule has 3 aromatic rings. The molecule has 0 radical (unpaired) electrons. The lowest BCUT2D eigenvalue weighted by Crippen LogP contribution is -2.44. The first kappa shape index (κ1) is 22.5. The summed E-state index contributed by atoms with van der Waals surface area (Å²) < 4.78 is 5.27. The molecule has 1 N–H and O–H groups in total. The van der Waals surface area contributed by atoms with Crippen LogP contribution in [0.1, 0.15) is 17.5 Å². The van der Waals surface area contributed by atoms with Crippen LogP contribution < -0.4 is 10.1 Å². The summed E-state index contributed by atoms with van der Waals surface area (Å²) >= 11 is 0. The van der Waals surface area contributed by atoms with Gasteiger partial charge in [0.05, 0.1) is 18.9 Å². The Hall–Kier alpha value is -3.67. The van der Waals surface area contributed by atoms with Gasteiger partial charge in [-0.3, -0.25) is 14.6 Å². The second-order valence-corrected chi connectivity index (χ2v) is 8.52. The van der Waals surface area contributed by atoms with Crippen LogP contribution in [0.5, 0.6) is 5.75 Å². The van der Waals surface area contributed by atoms with Gasteiger partial charge in [-0.2, -0.15) is 0 Å². The van der Waals surface area contributed by atoms with Crippen LogP contribution in [0.25, 0.3) is 11.1 Å². The zero-order valence-electron chi connectivity index (χ0n) is 19.1. The SMILES string of the molecule is CNC(=O)[C@]1(Cc2ccccc2-c2ccncc2)CCN(C(=O)Cc2cccc(OC)c2)C1. The zero-order valence-corrected chi connectivity index (χ0v) is 19.1. The van der Waals surface area contributed by atoms with Gasteiger partial charge in [-0.1, -0.05) is 36.4 Å². The summed E-state index contributed by atoms with van der Waals surface area (Å²) in [6, 6.07) is 19.6. The summed E-state index contributed by atoms with van der Waals surface area (Å²) in [5.41, 5.74) is 3.48. The fourth-order valence-electron chi connectivity index (χ4n) is 4.68. The summed E-state index contributed by atoms with van der Waals surface area (Å²) in [6.45, 7) is 0.966. The number of likely N-dealkylation sites (tertiary alicyclic amines) is 1. The highest BCUT2D eigenvalue weighted by atomic mass is 16.5. The second kappa shape index (κ2) is 9.86. The highest BCUT2D eigenvalue weighted by molar-refractivity contribution is 5.86. The molecule has 2 heterocycles. The van der Waals surface area contributed by atoms with E-state index in [9.17, 15) is 9.59 Å². The van der Waals surface area contributed by atoms with E-state index in [0.29, 0.717) is 25.9 Å². The maximum Gasteiger partial charge on any atom is 0.228 e. The normalized spacial score (nSPS) is 17.6. The molecular weight excluding hydrogens is 414 g/mol. The molecular formula is C27H29N3O3. The number of nitrogens with one attached hydrogen (secondary N) is 1. The summed E-state index contributed by atoms with van der Waals surface area (Å²) in [6.07, 6.45) is 5.02. The van der Waals surface area contributed by atoms with Crippen molar-refractivity contribution in [2.24, 2.45) is 5.41 Å². The standard InChI is InChI=1S/C27H29N3O3/c1-28-26(32)27(18-22-7-3-4-9-24(22)21-10-13-29-14-11-21)12-15-30(19-27)25(31)17-20-6-5-8-23(16-20)33-2/h3-11,13-14,16H,12,15,17-19H2,1-2H3,(H,28,32)/t27-/m0/s1. The molecule has 2 aromatic carbocycles. The monoisotopic (exact) mass is 443 g/mol. The van der Waals surface area contributed by atoms with Crippen molar-refractivity contribution in [3.63, 3.8) is 0 Å². The average Bonchev–Trinajstić information content (AvgIpc) is 3.30. The van der Waals surface area contributed by atoms with E-state index >= 15 is 0 Å². The molecule has 1 aliphatic heterocycles. The Bertz CT molecular complexity index is 1130. The maximum atomic E-state index is 13.1. The van der Waals surface area contributed by atoms with Crippen LogP contribution in [-0.2, 0) is 22.4 Å². The Morgan fingerprint density at radius 3 is 2.64 bits per heavy atom. The summed E-state index contributed by atoms with van der Waals surface area (Å²) in [5.74, 6) is 0.731. The number of amides is 2. The van der Waals surface area contributed by atoms with E-state index in [-0.39, 0.29) is 18.2 Å². The molecule has 2 amide bonds. The Labute approximate surface area is 194 Å². The van der Waals surface area contributed by atoms with Gasteiger partial charge in [0.25, 0.3) is 0 Å². The molecule has 0 spiro atoms. The van der Waals surface area contributed by atoms with Gasteiger partial charge in [0.1, 0.15) is 5.75 Å². The average molecular weight is 444 g/mol. The molecule has 0 unspecified atom stereocenters. The number of nitrogens with zero attached hydrogens (tertiary/aromatic N) is 2. The second-order valence-electron chi connectivity index (χ2n) is 8.52. The molecule has 6 nitrogen and oxygen atoms in total. The van der Waals surface area contributed by atoms with Crippen LogP contribution in [-0.4, -0.2) is 48.9 Å². The van der Waals surface area contributed by atoms with Gasteiger partial charge in [-0.05, 0) is 59.4 Å². The minimum absolute atomic E-state index is 0.0243. The molecule has 1 atom stereocenters. The topological polar surface area (TPSA) is 71.5 Å². The van der Waals surface area contributed by atoms with Crippen molar-refractivity contribution in [2.75, 3.05) is 27.2 Å². The quantitative estimate of drug-likeness (QED) is 0.607. The number of ether oxygens (including phenoxy) is 1. The van der Waals surface area contributed by atoms with Gasteiger partial charge >= 0.3 is 0 Å². The number of benzene rings is 2. The van der Waals surface area contributed by atoms with Crippen LogP contribution in [0.15, 0.2) is 73.1 Å². The van der Waals surface area contributed by atoms with Crippen molar-refractivity contribution >= 4 is 11.8 Å². The number of rotatable bonds is 7. The van der Waals surface area contributed by atoms with Crippen LogP contribution in [0.4, 0.5) is 0 Å². The molecule has 1 aromatic heterocycles. The summed E-state index contributed by atoms with van der Waals surface area (Å²) in [4.78, 5) is 32.2. The van der Waals surface area contributed by atoms with Crippen LogP contribution in [0.2, 0.25) is 0 Å². The lowest BCUT2D eigenvalue weighted by Gasteiger charge is -2.28. The van der Waals surface area contributed by atoms with Gasteiger partial charge in [-0.25, -0.2) is 0 Å². The van der Waals surface area contributed by atoms with Crippen molar-refractivity contribution in [3.05, 3.63) is 84.2 Å². The highest BCUT2D eigenvalue weighted by Gasteiger charge is 2.45. The first-order valence-electron chi connectivity index (χ1n) is 11.2. The van der Waals surface area contributed by atoms with Crippen LogP contribution in [0, 0.1) is 5.41 Å². The Morgan fingerprint density at radius 2 is 1.88 bits per heavy atom. The molecule has 1 fully saturated rings. The maximum absolute atomic E-state index is 13.1. The highest BCUT2D eigenvalue weighted by Crippen LogP contribution is 2.37. The molecule has 0 saturated carbocycles. The number of carbonyl (C=O) groups excluding carboxylic acids is 2. The van der Waals surface area contributed by atoms with E-state index in [1.807, 2.05) is 53.4 Å². The van der Waals surface area contributed by atoms with Crippen LogP contribution in [0.3, 0.4) is 0 Å². The molecule has 33 heavy (non-hydrogen) atoms. The van der Waals surface area contributed by atoms with Gasteiger partial charge in [0.15, 0.2) is 0 Å². The molecule has 1 saturated heterocycles. The number of methoxy groups -OCH3 is 1. The minimum atomic E-state index is -0.665.